The second-order valence-corrected chi connectivity index (χ2v) is 10.1. The second kappa shape index (κ2) is 11.2. The van der Waals surface area contributed by atoms with Crippen LogP contribution in [0.15, 0.2) is 42.5 Å². The highest BCUT2D eigenvalue weighted by atomic mass is 16.3. The number of rotatable bonds is 7. The summed E-state index contributed by atoms with van der Waals surface area (Å²) in [5, 5.41) is 10.6. The Balaban J connectivity index is 1.23. The number of nitrogens with zero attached hydrogens (tertiary/aromatic N) is 2. The summed E-state index contributed by atoms with van der Waals surface area (Å²) in [4.78, 5) is 28.3. The molecule has 2 aromatic carbocycles. The zero-order valence-corrected chi connectivity index (χ0v) is 20.6. The van der Waals surface area contributed by atoms with Crippen LogP contribution in [0.1, 0.15) is 72.2 Å². The lowest BCUT2D eigenvalue weighted by atomic mass is 9.82. The van der Waals surface area contributed by atoms with Crippen LogP contribution in [0.3, 0.4) is 0 Å². The smallest absolute Gasteiger partial charge is 0.256 e. The van der Waals surface area contributed by atoms with Gasteiger partial charge in [0.15, 0.2) is 6.10 Å². The summed E-state index contributed by atoms with van der Waals surface area (Å²) in [6, 6.07) is 13.9. The molecule has 5 nitrogen and oxygen atoms in total. The van der Waals surface area contributed by atoms with Gasteiger partial charge in [-0.2, -0.15) is 0 Å². The van der Waals surface area contributed by atoms with Gasteiger partial charge < -0.3 is 14.9 Å². The van der Waals surface area contributed by atoms with Crippen LogP contribution in [-0.2, 0) is 11.2 Å². The van der Waals surface area contributed by atoms with Gasteiger partial charge in [0.1, 0.15) is 6.29 Å². The molecule has 5 heteroatoms. The molecule has 1 N–H and O–H groups in total. The number of benzene rings is 2. The molecule has 1 atom stereocenters. The normalized spacial score (nSPS) is 18.7. The zero-order valence-electron chi connectivity index (χ0n) is 20.6. The third-order valence-electron chi connectivity index (χ3n) is 7.86. The van der Waals surface area contributed by atoms with E-state index in [-0.39, 0.29) is 5.91 Å². The SMILES string of the molecule is CCc1cccc([C@@H](O)C(=O)N2CCC(CC3CCN(c4ccc(C=O)c(C)c4)CC3)CC2)c1. The third-order valence-corrected chi connectivity index (χ3v) is 7.86. The number of carbonyl (C=O) groups is 2. The average Bonchev–Trinajstić information content (AvgIpc) is 2.88. The summed E-state index contributed by atoms with van der Waals surface area (Å²) >= 11 is 0. The van der Waals surface area contributed by atoms with Crippen molar-refractivity contribution < 1.29 is 14.7 Å². The summed E-state index contributed by atoms with van der Waals surface area (Å²) in [5.74, 6) is 1.24. The van der Waals surface area contributed by atoms with Crippen LogP contribution < -0.4 is 4.90 Å². The van der Waals surface area contributed by atoms with E-state index < -0.39 is 6.10 Å². The Morgan fingerprint density at radius 2 is 1.71 bits per heavy atom. The fourth-order valence-corrected chi connectivity index (χ4v) is 5.57. The summed E-state index contributed by atoms with van der Waals surface area (Å²) in [6.07, 6.45) is 6.44. The standard InChI is InChI=1S/C29H38N2O3/c1-3-22-5-4-6-25(19-22)28(33)29(34)31-15-11-24(12-16-31)18-23-9-13-30(14-10-23)27-8-7-26(20-32)21(2)17-27/h4-8,17,19-20,23-24,28,33H,3,9-16,18H2,1-2H3/t28-/m1/s1. The number of aldehydes is 1. The Labute approximate surface area is 203 Å². The van der Waals surface area contributed by atoms with Crippen LogP contribution in [-0.4, -0.2) is 48.4 Å². The predicted molar refractivity (Wildman–Crippen MR) is 136 cm³/mol. The van der Waals surface area contributed by atoms with Gasteiger partial charge in [-0.25, -0.2) is 0 Å². The highest BCUT2D eigenvalue weighted by Gasteiger charge is 2.30. The van der Waals surface area contributed by atoms with Crippen molar-refractivity contribution in [1.82, 2.24) is 4.90 Å². The minimum absolute atomic E-state index is 0.157. The molecule has 2 aromatic rings. The number of hydrogen-bond donors (Lipinski definition) is 1. The van der Waals surface area contributed by atoms with Gasteiger partial charge in [0.05, 0.1) is 0 Å². The molecule has 2 aliphatic rings. The van der Waals surface area contributed by atoms with Crippen molar-refractivity contribution in [3.63, 3.8) is 0 Å². The van der Waals surface area contributed by atoms with Gasteiger partial charge >= 0.3 is 0 Å². The van der Waals surface area contributed by atoms with Crippen molar-refractivity contribution in [3.05, 3.63) is 64.7 Å². The Morgan fingerprint density at radius 3 is 2.32 bits per heavy atom. The fourth-order valence-electron chi connectivity index (χ4n) is 5.57. The van der Waals surface area contributed by atoms with Crippen molar-refractivity contribution in [2.24, 2.45) is 11.8 Å². The first-order valence-corrected chi connectivity index (χ1v) is 12.8. The van der Waals surface area contributed by atoms with E-state index in [0.29, 0.717) is 11.5 Å². The molecule has 2 heterocycles. The van der Waals surface area contributed by atoms with Gasteiger partial charge in [-0.1, -0.05) is 31.2 Å². The van der Waals surface area contributed by atoms with Gasteiger partial charge in [0.2, 0.25) is 0 Å². The number of carbonyl (C=O) groups excluding carboxylic acids is 2. The van der Waals surface area contributed by atoms with Crippen LogP contribution >= 0.6 is 0 Å². The molecule has 2 saturated heterocycles. The summed E-state index contributed by atoms with van der Waals surface area (Å²) in [6.45, 7) is 7.69. The molecule has 0 aromatic heterocycles. The highest BCUT2D eigenvalue weighted by molar-refractivity contribution is 5.82. The maximum Gasteiger partial charge on any atom is 0.256 e. The van der Waals surface area contributed by atoms with Gasteiger partial charge in [0.25, 0.3) is 5.91 Å². The zero-order chi connectivity index (χ0) is 24.1. The molecule has 2 fully saturated rings. The van der Waals surface area contributed by atoms with E-state index in [1.807, 2.05) is 42.2 Å². The van der Waals surface area contributed by atoms with E-state index in [1.54, 1.807) is 0 Å². The van der Waals surface area contributed by atoms with Crippen molar-refractivity contribution >= 4 is 17.9 Å². The number of amides is 1. The quantitative estimate of drug-likeness (QED) is 0.592. The predicted octanol–water partition coefficient (Wildman–Crippen LogP) is 4.95. The van der Waals surface area contributed by atoms with Crippen LogP contribution in [0.2, 0.25) is 0 Å². The van der Waals surface area contributed by atoms with E-state index in [9.17, 15) is 14.7 Å². The number of anilines is 1. The first kappa shape index (κ1) is 24.5. The maximum atomic E-state index is 12.9. The molecule has 0 aliphatic carbocycles. The summed E-state index contributed by atoms with van der Waals surface area (Å²) in [5.41, 5.74) is 4.87. The third kappa shape index (κ3) is 5.69. The summed E-state index contributed by atoms with van der Waals surface area (Å²) in [7, 11) is 0. The van der Waals surface area contributed by atoms with E-state index in [4.69, 9.17) is 0 Å². The molecule has 0 saturated carbocycles. The van der Waals surface area contributed by atoms with Gasteiger partial charge in [-0.3, -0.25) is 9.59 Å². The number of piperidine rings is 2. The van der Waals surface area contributed by atoms with E-state index >= 15 is 0 Å². The number of likely N-dealkylation sites (tertiary alicyclic amines) is 1. The van der Waals surface area contributed by atoms with E-state index in [1.165, 1.54) is 24.9 Å². The Hall–Kier alpha value is -2.66. The van der Waals surface area contributed by atoms with Gasteiger partial charge in [0, 0.05) is 37.4 Å². The first-order valence-electron chi connectivity index (χ1n) is 12.8. The van der Waals surface area contributed by atoms with E-state index in [2.05, 4.69) is 24.0 Å². The number of hydrogen-bond acceptors (Lipinski definition) is 4. The molecule has 182 valence electrons. The van der Waals surface area contributed by atoms with Crippen molar-refractivity contribution in [2.75, 3.05) is 31.1 Å². The lowest BCUT2D eigenvalue weighted by Crippen LogP contribution is -2.42. The molecule has 1 amide bonds. The molecule has 34 heavy (non-hydrogen) atoms. The molecular weight excluding hydrogens is 424 g/mol. The number of aliphatic hydroxyl groups excluding tert-OH is 1. The van der Waals surface area contributed by atoms with Crippen molar-refractivity contribution in [1.29, 1.82) is 0 Å². The van der Waals surface area contributed by atoms with Crippen LogP contribution in [0.25, 0.3) is 0 Å². The summed E-state index contributed by atoms with van der Waals surface area (Å²) < 4.78 is 0. The molecular formula is C29H38N2O3. The van der Waals surface area contributed by atoms with Gasteiger partial charge in [-0.05, 0) is 92.2 Å². The maximum absolute atomic E-state index is 12.9. The lowest BCUT2D eigenvalue weighted by Gasteiger charge is -2.38. The van der Waals surface area contributed by atoms with Crippen LogP contribution in [0.5, 0.6) is 0 Å². The number of aliphatic hydroxyl groups is 1. The monoisotopic (exact) mass is 462 g/mol. The fraction of sp³-hybridized carbons (Fsp3) is 0.517. The molecule has 2 aliphatic heterocycles. The minimum Gasteiger partial charge on any atom is -0.378 e. The molecule has 4 rings (SSSR count). The first-order chi connectivity index (χ1) is 16.5. The Kier molecular flexibility index (Phi) is 8.04. The van der Waals surface area contributed by atoms with Gasteiger partial charge in [-0.15, -0.1) is 0 Å². The second-order valence-electron chi connectivity index (χ2n) is 10.1. The minimum atomic E-state index is -1.06. The molecule has 0 radical (unpaired) electrons. The Morgan fingerprint density at radius 1 is 1.03 bits per heavy atom. The topological polar surface area (TPSA) is 60.9 Å². The molecule has 0 unspecified atom stereocenters. The Bertz CT molecular complexity index is 989. The average molecular weight is 463 g/mol. The van der Waals surface area contributed by atoms with Crippen LogP contribution in [0.4, 0.5) is 5.69 Å². The van der Waals surface area contributed by atoms with Crippen molar-refractivity contribution in [3.8, 4) is 0 Å². The molecule has 0 bridgehead atoms. The van der Waals surface area contributed by atoms with Crippen LogP contribution in [0, 0.1) is 18.8 Å². The van der Waals surface area contributed by atoms with Crippen molar-refractivity contribution in [2.45, 2.75) is 58.5 Å². The number of aryl methyl sites for hydroxylation is 2. The molecule has 0 spiro atoms. The highest BCUT2D eigenvalue weighted by Crippen LogP contribution is 2.32. The lowest BCUT2D eigenvalue weighted by molar-refractivity contribution is -0.142. The van der Waals surface area contributed by atoms with E-state index in [0.717, 1.165) is 74.3 Å². The largest absolute Gasteiger partial charge is 0.378 e.